The van der Waals surface area contributed by atoms with E-state index in [0.717, 1.165) is 0 Å². The summed E-state index contributed by atoms with van der Waals surface area (Å²) in [5, 5.41) is 19.1. The van der Waals surface area contributed by atoms with Crippen LogP contribution in [0.15, 0.2) is 15.8 Å². The molecule has 4 atom stereocenters. The predicted molar refractivity (Wildman–Crippen MR) is 68.3 cm³/mol. The number of hydrogen-bond donors (Lipinski definition) is 3. The number of aromatic nitrogens is 2. The number of rotatable bonds is 2. The number of H-pyrrole nitrogens is 1. The number of fused-ring (bicyclic) bond motifs is 2. The Bertz CT molecular complexity index is 626. The van der Waals surface area contributed by atoms with Crippen molar-refractivity contribution in [1.29, 1.82) is 0 Å². The summed E-state index contributed by atoms with van der Waals surface area (Å²) in [5.41, 5.74) is -0.548. The van der Waals surface area contributed by atoms with Crippen LogP contribution in [0.3, 0.4) is 0 Å². The molecule has 2 fully saturated rings. The molecule has 1 unspecified atom stereocenters. The van der Waals surface area contributed by atoms with Crippen molar-refractivity contribution in [3.05, 3.63) is 32.6 Å². The van der Waals surface area contributed by atoms with Crippen LogP contribution in [-0.2, 0) is 4.74 Å². The van der Waals surface area contributed by atoms with Crippen molar-refractivity contribution in [2.45, 2.75) is 29.3 Å². The van der Waals surface area contributed by atoms with Crippen LogP contribution in [0.1, 0.15) is 10.9 Å². The van der Waals surface area contributed by atoms with E-state index in [2.05, 4.69) is 4.98 Å². The topological polar surface area (TPSA) is 105 Å². The third-order valence-electron chi connectivity index (χ3n) is 3.69. The van der Waals surface area contributed by atoms with E-state index in [1.54, 1.807) is 6.92 Å². The van der Waals surface area contributed by atoms with Crippen LogP contribution in [0.2, 0.25) is 0 Å². The molecule has 0 radical (unpaired) electrons. The molecule has 7 nitrogen and oxygen atoms in total. The highest BCUT2D eigenvalue weighted by Crippen LogP contribution is 2.54. The molecule has 3 N–H and O–H groups in total. The Balaban J connectivity index is 2.04. The fraction of sp³-hybridized carbons (Fsp3) is 0.636. The quantitative estimate of drug-likeness (QED) is 0.616. The molecular weight excluding hydrogens is 272 g/mol. The van der Waals surface area contributed by atoms with Crippen molar-refractivity contribution >= 4 is 11.8 Å². The molecule has 104 valence electrons. The third-order valence-corrected chi connectivity index (χ3v) is 5.39. The Morgan fingerprint density at radius 3 is 3.00 bits per heavy atom. The number of aromatic amines is 1. The van der Waals surface area contributed by atoms with Crippen molar-refractivity contribution in [3.63, 3.8) is 0 Å². The van der Waals surface area contributed by atoms with Crippen molar-refractivity contribution < 1.29 is 14.9 Å². The molecule has 2 aliphatic heterocycles. The summed E-state index contributed by atoms with van der Waals surface area (Å²) in [6, 6.07) is 0. The van der Waals surface area contributed by atoms with Crippen LogP contribution < -0.4 is 11.2 Å². The summed E-state index contributed by atoms with van der Waals surface area (Å²) in [4.78, 5) is 25.4. The van der Waals surface area contributed by atoms with Crippen LogP contribution in [0.25, 0.3) is 0 Å². The molecule has 0 saturated carbocycles. The zero-order chi connectivity index (χ0) is 13.8. The lowest BCUT2D eigenvalue weighted by Crippen LogP contribution is -2.39. The minimum absolute atomic E-state index is 0.219. The maximum atomic E-state index is 11.8. The van der Waals surface area contributed by atoms with Gasteiger partial charge in [0.1, 0.15) is 17.6 Å². The highest BCUT2D eigenvalue weighted by molar-refractivity contribution is 8.01. The van der Waals surface area contributed by atoms with Gasteiger partial charge < -0.3 is 14.9 Å². The van der Waals surface area contributed by atoms with Gasteiger partial charge in [-0.2, -0.15) is 0 Å². The maximum Gasteiger partial charge on any atom is 0.329 e. The standard InChI is InChI=1S/C11H14N2O5S/c1-5-2-13(10(17)12-8(5)16)9-6-7(15)11(3-14,19-9)4-18-6/h2,6-7,9,14-15H,3-4H2,1H3,(H,12,16,17)/t6-,7+,9?,11+/m1/s1. The number of aliphatic hydroxyl groups is 2. The summed E-state index contributed by atoms with van der Waals surface area (Å²) in [7, 11) is 0. The number of ether oxygens (including phenoxy) is 1. The van der Waals surface area contributed by atoms with E-state index in [-0.39, 0.29) is 13.2 Å². The van der Waals surface area contributed by atoms with Crippen molar-refractivity contribution in [2.24, 2.45) is 0 Å². The van der Waals surface area contributed by atoms with Gasteiger partial charge in [-0.25, -0.2) is 4.79 Å². The Morgan fingerprint density at radius 2 is 2.37 bits per heavy atom. The van der Waals surface area contributed by atoms with E-state index in [1.165, 1.54) is 22.5 Å². The average Bonchev–Trinajstić information content (AvgIpc) is 2.85. The lowest BCUT2D eigenvalue weighted by Gasteiger charge is -2.28. The predicted octanol–water partition coefficient (Wildman–Crippen LogP) is -1.42. The molecule has 2 aliphatic rings. The van der Waals surface area contributed by atoms with Crippen LogP contribution in [-0.4, -0.2) is 49.9 Å². The second kappa shape index (κ2) is 4.20. The first kappa shape index (κ1) is 12.9. The van der Waals surface area contributed by atoms with E-state index in [1.807, 2.05) is 0 Å². The molecule has 2 saturated heterocycles. The van der Waals surface area contributed by atoms with Gasteiger partial charge in [0.2, 0.25) is 0 Å². The number of aliphatic hydroxyl groups excluding tert-OH is 2. The van der Waals surface area contributed by atoms with Gasteiger partial charge >= 0.3 is 5.69 Å². The maximum absolute atomic E-state index is 11.8. The van der Waals surface area contributed by atoms with Crippen LogP contribution in [0.4, 0.5) is 0 Å². The second-order valence-electron chi connectivity index (χ2n) is 4.93. The van der Waals surface area contributed by atoms with E-state index >= 15 is 0 Å². The largest absolute Gasteiger partial charge is 0.395 e. The van der Waals surface area contributed by atoms with Gasteiger partial charge in [-0.1, -0.05) is 0 Å². The van der Waals surface area contributed by atoms with Crippen molar-refractivity contribution in [1.82, 2.24) is 9.55 Å². The molecule has 19 heavy (non-hydrogen) atoms. The molecule has 0 spiro atoms. The summed E-state index contributed by atoms with van der Waals surface area (Å²) in [5.74, 6) is 0. The number of thioether (sulfide) groups is 1. The number of hydrogen-bond acceptors (Lipinski definition) is 6. The summed E-state index contributed by atoms with van der Waals surface area (Å²) < 4.78 is 6.04. The second-order valence-corrected chi connectivity index (χ2v) is 6.46. The number of nitrogens with one attached hydrogen (secondary N) is 1. The van der Waals surface area contributed by atoms with Crippen molar-refractivity contribution in [2.75, 3.05) is 13.2 Å². The monoisotopic (exact) mass is 286 g/mol. The van der Waals surface area contributed by atoms with Crippen molar-refractivity contribution in [3.8, 4) is 0 Å². The van der Waals surface area contributed by atoms with Gasteiger partial charge in [0.25, 0.3) is 5.56 Å². The summed E-state index contributed by atoms with van der Waals surface area (Å²) >= 11 is 1.31. The van der Waals surface area contributed by atoms with Crippen LogP contribution >= 0.6 is 11.8 Å². The first-order chi connectivity index (χ1) is 8.98. The van der Waals surface area contributed by atoms with Gasteiger partial charge in [0, 0.05) is 11.8 Å². The van der Waals surface area contributed by atoms with E-state index in [4.69, 9.17) is 4.74 Å². The fourth-order valence-corrected chi connectivity index (χ4v) is 4.13. The Labute approximate surface area is 112 Å². The molecule has 1 aromatic rings. The molecule has 2 bridgehead atoms. The third kappa shape index (κ3) is 1.71. The lowest BCUT2D eigenvalue weighted by atomic mass is 10.0. The zero-order valence-corrected chi connectivity index (χ0v) is 11.0. The van der Waals surface area contributed by atoms with Gasteiger partial charge in [-0.15, -0.1) is 11.8 Å². The van der Waals surface area contributed by atoms with E-state index in [0.29, 0.717) is 5.56 Å². The Morgan fingerprint density at radius 1 is 1.63 bits per heavy atom. The molecule has 3 heterocycles. The lowest BCUT2D eigenvalue weighted by molar-refractivity contribution is 0.0296. The molecule has 8 heteroatoms. The molecular formula is C11H14N2O5S. The van der Waals surface area contributed by atoms with Gasteiger partial charge in [-0.3, -0.25) is 14.3 Å². The van der Waals surface area contributed by atoms with Crippen LogP contribution in [0, 0.1) is 6.92 Å². The zero-order valence-electron chi connectivity index (χ0n) is 10.2. The van der Waals surface area contributed by atoms with Gasteiger partial charge in [0.15, 0.2) is 0 Å². The SMILES string of the molecule is Cc1cn(C2S[C@@]3(CO)CO[C@@H]2[C@@H]3O)c(=O)[nH]c1=O. The summed E-state index contributed by atoms with van der Waals surface area (Å²) in [6.07, 6.45) is 0.0764. The molecule has 0 amide bonds. The Hall–Kier alpha value is -1.09. The fourth-order valence-electron chi connectivity index (χ4n) is 2.53. The van der Waals surface area contributed by atoms with Crippen LogP contribution in [0.5, 0.6) is 0 Å². The minimum Gasteiger partial charge on any atom is -0.395 e. The molecule has 0 aliphatic carbocycles. The smallest absolute Gasteiger partial charge is 0.329 e. The Kier molecular flexibility index (Phi) is 2.86. The highest BCUT2D eigenvalue weighted by atomic mass is 32.2. The van der Waals surface area contributed by atoms with Gasteiger partial charge in [-0.05, 0) is 6.92 Å². The molecule has 1 aromatic heterocycles. The van der Waals surface area contributed by atoms with Gasteiger partial charge in [0.05, 0.1) is 18.0 Å². The summed E-state index contributed by atoms with van der Waals surface area (Å²) in [6.45, 7) is 1.64. The molecule has 0 aromatic carbocycles. The number of aryl methyl sites for hydroxylation is 1. The highest BCUT2D eigenvalue weighted by Gasteiger charge is 2.60. The number of nitrogens with zero attached hydrogens (tertiary/aromatic N) is 1. The first-order valence-corrected chi connectivity index (χ1v) is 6.77. The first-order valence-electron chi connectivity index (χ1n) is 5.89. The normalized spacial score (nSPS) is 36.9. The van der Waals surface area contributed by atoms with E-state index in [9.17, 15) is 19.8 Å². The van der Waals surface area contributed by atoms with E-state index < -0.39 is 33.6 Å². The minimum atomic E-state index is -0.827. The molecule has 3 rings (SSSR count). The average molecular weight is 286 g/mol.